The van der Waals surface area contributed by atoms with Gasteiger partial charge < -0.3 is 19.6 Å². The van der Waals surface area contributed by atoms with Gasteiger partial charge in [-0.1, -0.05) is 0 Å². The average molecular weight is 505 g/mol. The van der Waals surface area contributed by atoms with Crippen LogP contribution in [0.2, 0.25) is 0 Å². The molecule has 3 aromatic rings. The van der Waals surface area contributed by atoms with Crippen LogP contribution in [0.15, 0.2) is 48.8 Å². The van der Waals surface area contributed by atoms with Gasteiger partial charge in [0.15, 0.2) is 11.5 Å². The molecule has 196 valence electrons. The van der Waals surface area contributed by atoms with Gasteiger partial charge in [-0.05, 0) is 75.2 Å². The van der Waals surface area contributed by atoms with Crippen LogP contribution in [0, 0.1) is 0 Å². The molecular weight excluding hydrogens is 468 g/mol. The molecule has 0 unspecified atom stereocenters. The Morgan fingerprint density at radius 2 is 1.76 bits per heavy atom. The molecule has 0 aliphatic carbocycles. The Morgan fingerprint density at radius 3 is 2.38 bits per heavy atom. The summed E-state index contributed by atoms with van der Waals surface area (Å²) in [6.45, 7) is 13.4. The number of anilines is 1. The SMILES string of the molecule is CCN(CC)C(=O)c1ccc(N2CCN(Cc3cc(OC(C)C)cc(-c4cncc(O)c4)c3)CC2)nn1. The lowest BCUT2D eigenvalue weighted by molar-refractivity contribution is 0.0766. The Morgan fingerprint density at radius 1 is 1.00 bits per heavy atom. The minimum atomic E-state index is -0.0848. The van der Waals surface area contributed by atoms with E-state index in [0.717, 1.165) is 61.0 Å². The average Bonchev–Trinajstić information content (AvgIpc) is 2.89. The molecule has 1 fully saturated rings. The van der Waals surface area contributed by atoms with Crippen LogP contribution in [0.25, 0.3) is 11.1 Å². The molecule has 37 heavy (non-hydrogen) atoms. The van der Waals surface area contributed by atoms with Crippen molar-refractivity contribution in [2.24, 2.45) is 0 Å². The number of aromatic hydroxyl groups is 1. The maximum absolute atomic E-state index is 12.5. The van der Waals surface area contributed by atoms with Gasteiger partial charge in [-0.2, -0.15) is 0 Å². The predicted octanol–water partition coefficient (Wildman–Crippen LogP) is 3.84. The number of aromatic nitrogens is 3. The van der Waals surface area contributed by atoms with Crippen LogP contribution in [0.5, 0.6) is 11.5 Å². The number of benzene rings is 1. The van der Waals surface area contributed by atoms with E-state index >= 15 is 0 Å². The van der Waals surface area contributed by atoms with Gasteiger partial charge in [-0.3, -0.25) is 14.7 Å². The summed E-state index contributed by atoms with van der Waals surface area (Å²) in [4.78, 5) is 23.0. The van der Waals surface area contributed by atoms with Crippen molar-refractivity contribution in [3.63, 3.8) is 0 Å². The zero-order chi connectivity index (χ0) is 26.4. The maximum Gasteiger partial charge on any atom is 0.274 e. The predicted molar refractivity (Wildman–Crippen MR) is 144 cm³/mol. The summed E-state index contributed by atoms with van der Waals surface area (Å²) < 4.78 is 6.01. The molecule has 2 aromatic heterocycles. The second-order valence-electron chi connectivity index (χ2n) is 9.48. The molecule has 4 rings (SSSR count). The largest absolute Gasteiger partial charge is 0.506 e. The van der Waals surface area contributed by atoms with Crippen LogP contribution in [0.1, 0.15) is 43.7 Å². The van der Waals surface area contributed by atoms with Gasteiger partial charge in [0.2, 0.25) is 0 Å². The third-order valence-corrected chi connectivity index (χ3v) is 6.42. The fourth-order valence-corrected chi connectivity index (χ4v) is 4.52. The number of carbonyl (C=O) groups excluding carboxylic acids is 1. The van der Waals surface area contributed by atoms with Crippen LogP contribution in [0.4, 0.5) is 5.82 Å². The van der Waals surface area contributed by atoms with E-state index in [1.807, 2.05) is 39.8 Å². The number of nitrogens with zero attached hydrogens (tertiary/aromatic N) is 6. The molecule has 1 saturated heterocycles. The van der Waals surface area contributed by atoms with E-state index in [4.69, 9.17) is 4.74 Å². The zero-order valence-electron chi connectivity index (χ0n) is 22.1. The van der Waals surface area contributed by atoms with Crippen molar-refractivity contribution in [2.45, 2.75) is 40.3 Å². The minimum absolute atomic E-state index is 0.0590. The molecule has 9 nitrogen and oxygen atoms in total. The number of rotatable bonds is 9. The van der Waals surface area contributed by atoms with Crippen molar-refractivity contribution in [3.8, 4) is 22.6 Å². The highest BCUT2D eigenvalue weighted by Crippen LogP contribution is 2.29. The quantitative estimate of drug-likeness (QED) is 0.470. The van der Waals surface area contributed by atoms with Crippen LogP contribution < -0.4 is 9.64 Å². The number of carbonyl (C=O) groups is 1. The normalized spacial score (nSPS) is 14.1. The van der Waals surface area contributed by atoms with E-state index in [2.05, 4.69) is 37.1 Å². The monoisotopic (exact) mass is 504 g/mol. The topological polar surface area (TPSA) is 94.9 Å². The van der Waals surface area contributed by atoms with Gasteiger partial charge >= 0.3 is 0 Å². The number of hydrogen-bond acceptors (Lipinski definition) is 8. The van der Waals surface area contributed by atoms with Crippen LogP contribution in [-0.4, -0.2) is 81.4 Å². The number of ether oxygens (including phenoxy) is 1. The molecule has 1 aromatic carbocycles. The maximum atomic E-state index is 12.5. The highest BCUT2D eigenvalue weighted by molar-refractivity contribution is 5.92. The number of hydrogen-bond donors (Lipinski definition) is 1. The summed E-state index contributed by atoms with van der Waals surface area (Å²) in [6.07, 6.45) is 3.24. The van der Waals surface area contributed by atoms with Crippen LogP contribution in [-0.2, 0) is 6.54 Å². The second-order valence-corrected chi connectivity index (χ2v) is 9.48. The summed E-state index contributed by atoms with van der Waals surface area (Å²) in [6, 6.07) is 11.6. The summed E-state index contributed by atoms with van der Waals surface area (Å²) in [5.74, 6) is 1.65. The summed E-state index contributed by atoms with van der Waals surface area (Å²) >= 11 is 0. The van der Waals surface area contributed by atoms with Gasteiger partial charge in [0.1, 0.15) is 11.5 Å². The standard InChI is InChI=1S/C28H36N6O3/c1-5-33(6-2)28(36)26-7-8-27(31-30-26)34-11-9-32(10-12-34)19-21-13-22(16-25(14-21)37-20(3)4)23-15-24(35)18-29-17-23/h7-8,13-18,20,35H,5-6,9-12,19H2,1-4H3. The first-order valence-corrected chi connectivity index (χ1v) is 12.9. The van der Waals surface area contributed by atoms with E-state index in [1.54, 1.807) is 23.2 Å². The summed E-state index contributed by atoms with van der Waals surface area (Å²) in [5.41, 5.74) is 3.34. The molecule has 0 bridgehead atoms. The van der Waals surface area contributed by atoms with Gasteiger partial charge in [-0.15, -0.1) is 10.2 Å². The molecule has 0 saturated carbocycles. The van der Waals surface area contributed by atoms with E-state index in [1.165, 1.54) is 6.20 Å². The Bertz CT molecular complexity index is 1190. The fraction of sp³-hybridized carbons (Fsp3) is 0.429. The van der Waals surface area contributed by atoms with Crippen molar-refractivity contribution < 1.29 is 14.6 Å². The third-order valence-electron chi connectivity index (χ3n) is 6.42. The highest BCUT2D eigenvalue weighted by atomic mass is 16.5. The van der Waals surface area contributed by atoms with E-state index in [9.17, 15) is 9.90 Å². The van der Waals surface area contributed by atoms with Gasteiger partial charge in [-0.25, -0.2) is 0 Å². The van der Waals surface area contributed by atoms with Crippen LogP contribution >= 0.6 is 0 Å². The lowest BCUT2D eigenvalue weighted by Crippen LogP contribution is -2.46. The minimum Gasteiger partial charge on any atom is -0.506 e. The van der Waals surface area contributed by atoms with Crippen molar-refractivity contribution in [3.05, 3.63) is 60.0 Å². The lowest BCUT2D eigenvalue weighted by Gasteiger charge is -2.35. The molecule has 0 atom stereocenters. The van der Waals surface area contributed by atoms with Crippen LogP contribution in [0.3, 0.4) is 0 Å². The lowest BCUT2D eigenvalue weighted by atomic mass is 10.0. The second kappa shape index (κ2) is 12.0. The highest BCUT2D eigenvalue weighted by Gasteiger charge is 2.21. The Kier molecular flexibility index (Phi) is 8.55. The molecule has 0 spiro atoms. The zero-order valence-corrected chi connectivity index (χ0v) is 22.1. The number of amides is 1. The first-order chi connectivity index (χ1) is 17.9. The van der Waals surface area contributed by atoms with Gasteiger partial charge in [0.05, 0.1) is 12.3 Å². The first kappa shape index (κ1) is 26.3. The smallest absolute Gasteiger partial charge is 0.274 e. The van der Waals surface area contributed by atoms with E-state index in [0.29, 0.717) is 18.8 Å². The van der Waals surface area contributed by atoms with E-state index in [-0.39, 0.29) is 17.8 Å². The molecule has 3 heterocycles. The Hall–Kier alpha value is -3.72. The van der Waals surface area contributed by atoms with Crippen molar-refractivity contribution in [2.75, 3.05) is 44.2 Å². The molecular formula is C28H36N6O3. The molecule has 1 aliphatic rings. The molecule has 1 amide bonds. The van der Waals surface area contributed by atoms with E-state index < -0.39 is 0 Å². The first-order valence-electron chi connectivity index (χ1n) is 12.9. The molecule has 1 aliphatic heterocycles. The summed E-state index contributed by atoms with van der Waals surface area (Å²) in [7, 11) is 0. The van der Waals surface area contributed by atoms with Crippen molar-refractivity contribution >= 4 is 11.7 Å². The Balaban J connectivity index is 1.41. The number of piperazine rings is 1. The number of pyridine rings is 1. The van der Waals surface area contributed by atoms with Crippen molar-refractivity contribution in [1.29, 1.82) is 0 Å². The summed E-state index contributed by atoms with van der Waals surface area (Å²) in [5, 5.41) is 18.4. The molecule has 0 radical (unpaired) electrons. The Labute approximate surface area is 218 Å². The fourth-order valence-electron chi connectivity index (χ4n) is 4.52. The van der Waals surface area contributed by atoms with Gasteiger partial charge in [0, 0.05) is 57.6 Å². The van der Waals surface area contributed by atoms with Gasteiger partial charge in [0.25, 0.3) is 5.91 Å². The van der Waals surface area contributed by atoms with Crippen molar-refractivity contribution in [1.82, 2.24) is 25.0 Å². The molecule has 9 heteroatoms. The third kappa shape index (κ3) is 6.74. The molecule has 1 N–H and O–H groups in total.